The Morgan fingerprint density at radius 3 is 2.28 bits per heavy atom. The number of hydrogen-bond acceptors (Lipinski definition) is 6. The molecule has 0 fully saturated rings. The zero-order valence-electron chi connectivity index (χ0n) is 17.4. The van der Waals surface area contributed by atoms with Crippen LogP contribution in [0.5, 0.6) is 0 Å². The van der Waals surface area contributed by atoms with Crippen LogP contribution in [-0.2, 0) is 16.1 Å². The number of rotatable bonds is 8. The van der Waals surface area contributed by atoms with Crippen molar-refractivity contribution in [1.82, 2.24) is 10.6 Å². The Balaban J connectivity index is 1.98. The van der Waals surface area contributed by atoms with E-state index >= 15 is 0 Å². The second-order valence-corrected chi connectivity index (χ2v) is 6.64. The van der Waals surface area contributed by atoms with Gasteiger partial charge in [-0.3, -0.25) is 14.4 Å². The third kappa shape index (κ3) is 7.71. The van der Waals surface area contributed by atoms with E-state index in [4.69, 9.17) is 16.6 Å². The van der Waals surface area contributed by atoms with Crippen LogP contribution in [0.25, 0.3) is 0 Å². The number of carbonyl (C=O) groups excluding carboxylic acids is 3. The lowest BCUT2D eigenvalue weighted by molar-refractivity contribution is -0.123. The summed E-state index contributed by atoms with van der Waals surface area (Å²) in [6.45, 7) is -0.471. The number of nitrogens with two attached hydrogens (primary N) is 2. The van der Waals surface area contributed by atoms with Gasteiger partial charge in [-0.1, -0.05) is 24.0 Å². The predicted octanol–water partition coefficient (Wildman–Crippen LogP) is -0.717. The molecule has 0 bridgehead atoms. The number of aliphatic hydroxyl groups is 1. The van der Waals surface area contributed by atoms with Gasteiger partial charge in [0, 0.05) is 29.8 Å². The number of carbonyl (C=O) groups is 3. The van der Waals surface area contributed by atoms with Gasteiger partial charge < -0.3 is 27.2 Å². The SMILES string of the molecule is NCC(=O)NCc1cccc(C#CC#Cc2ccc(C(=O)N[C@@H](CN)C(=O)CO)cc2)c1. The third-order valence-corrected chi connectivity index (χ3v) is 4.31. The molecule has 1 atom stereocenters. The van der Waals surface area contributed by atoms with Gasteiger partial charge in [0.05, 0.1) is 6.54 Å². The van der Waals surface area contributed by atoms with Gasteiger partial charge in [-0.2, -0.15) is 0 Å². The maximum absolute atomic E-state index is 12.2. The Hall–Kier alpha value is -3.95. The van der Waals surface area contributed by atoms with Crippen molar-refractivity contribution in [2.75, 3.05) is 19.7 Å². The summed E-state index contributed by atoms with van der Waals surface area (Å²) in [7, 11) is 0. The molecule has 164 valence electrons. The molecule has 0 heterocycles. The van der Waals surface area contributed by atoms with E-state index in [1.165, 1.54) is 0 Å². The fraction of sp³-hybridized carbons (Fsp3) is 0.208. The van der Waals surface area contributed by atoms with Crippen molar-refractivity contribution in [3.63, 3.8) is 0 Å². The van der Waals surface area contributed by atoms with Gasteiger partial charge in [0.1, 0.15) is 12.6 Å². The van der Waals surface area contributed by atoms with Gasteiger partial charge >= 0.3 is 0 Å². The van der Waals surface area contributed by atoms with E-state index in [0.29, 0.717) is 17.7 Å². The standard InChI is InChI=1S/C24H24N4O4/c25-13-21(22(30)16-29)28-24(32)20-10-8-17(9-11-20)4-1-2-5-18-6-3-7-19(12-18)15-27-23(31)14-26/h3,6-12,21,29H,13-16,25-26H2,(H,27,31)(H,28,32)/t21-/m0/s1. The Bertz CT molecular complexity index is 1090. The van der Waals surface area contributed by atoms with E-state index < -0.39 is 24.3 Å². The van der Waals surface area contributed by atoms with Crippen LogP contribution in [-0.4, -0.2) is 48.4 Å². The molecule has 0 aromatic heterocycles. The van der Waals surface area contributed by atoms with Gasteiger partial charge in [-0.05, 0) is 53.8 Å². The quantitative estimate of drug-likeness (QED) is 0.348. The van der Waals surface area contributed by atoms with Gasteiger partial charge in [0.2, 0.25) is 5.91 Å². The normalized spacial score (nSPS) is 10.6. The highest BCUT2D eigenvalue weighted by Crippen LogP contribution is 2.05. The minimum absolute atomic E-state index is 0.0572. The van der Waals surface area contributed by atoms with Crippen LogP contribution in [0, 0.1) is 23.7 Å². The molecule has 8 heteroatoms. The first-order valence-electron chi connectivity index (χ1n) is 9.79. The first kappa shape index (κ1) is 24.3. The summed E-state index contributed by atoms with van der Waals surface area (Å²) in [4.78, 5) is 35.0. The highest BCUT2D eigenvalue weighted by atomic mass is 16.3. The highest BCUT2D eigenvalue weighted by molar-refractivity contribution is 5.98. The van der Waals surface area contributed by atoms with Gasteiger partial charge in [0.25, 0.3) is 5.91 Å². The summed E-state index contributed by atoms with van der Waals surface area (Å²) in [5.41, 5.74) is 13.4. The van der Waals surface area contributed by atoms with Crippen LogP contribution in [0.4, 0.5) is 0 Å². The maximum Gasteiger partial charge on any atom is 0.251 e. The molecule has 0 aliphatic rings. The van der Waals surface area contributed by atoms with Crippen molar-refractivity contribution < 1.29 is 19.5 Å². The number of nitrogens with one attached hydrogen (secondary N) is 2. The lowest BCUT2D eigenvalue weighted by Gasteiger charge is -2.14. The molecule has 8 nitrogen and oxygen atoms in total. The fourth-order valence-corrected chi connectivity index (χ4v) is 2.57. The van der Waals surface area contributed by atoms with Crippen LogP contribution in [0.2, 0.25) is 0 Å². The Morgan fingerprint density at radius 2 is 1.66 bits per heavy atom. The summed E-state index contributed by atoms with van der Waals surface area (Å²) in [5.74, 6) is 10.1. The van der Waals surface area contributed by atoms with Crippen LogP contribution < -0.4 is 22.1 Å². The topological polar surface area (TPSA) is 148 Å². The van der Waals surface area contributed by atoms with Crippen LogP contribution in [0.15, 0.2) is 48.5 Å². The van der Waals surface area contributed by atoms with Crippen molar-refractivity contribution in [3.8, 4) is 23.7 Å². The number of benzene rings is 2. The summed E-state index contributed by atoms with van der Waals surface area (Å²) in [6.07, 6.45) is 0. The van der Waals surface area contributed by atoms with Crippen molar-refractivity contribution in [1.29, 1.82) is 0 Å². The number of ketones is 1. The molecule has 0 aliphatic heterocycles. The first-order chi connectivity index (χ1) is 15.5. The van der Waals surface area contributed by atoms with Gasteiger partial charge in [-0.15, -0.1) is 0 Å². The van der Waals surface area contributed by atoms with E-state index in [1.807, 2.05) is 24.3 Å². The van der Waals surface area contributed by atoms with E-state index in [9.17, 15) is 14.4 Å². The van der Waals surface area contributed by atoms with E-state index in [2.05, 4.69) is 34.3 Å². The molecular formula is C24H24N4O4. The molecule has 0 unspecified atom stereocenters. The molecule has 2 rings (SSSR count). The number of amides is 2. The number of hydrogen-bond donors (Lipinski definition) is 5. The average molecular weight is 432 g/mol. The lowest BCUT2D eigenvalue weighted by Crippen LogP contribution is -2.46. The second-order valence-electron chi connectivity index (χ2n) is 6.64. The third-order valence-electron chi connectivity index (χ3n) is 4.31. The van der Waals surface area contributed by atoms with Crippen LogP contribution >= 0.6 is 0 Å². The first-order valence-corrected chi connectivity index (χ1v) is 9.79. The molecule has 0 radical (unpaired) electrons. The lowest BCUT2D eigenvalue weighted by atomic mass is 10.1. The molecule has 7 N–H and O–H groups in total. The number of aliphatic hydroxyl groups excluding tert-OH is 1. The second kappa shape index (κ2) is 12.7. The van der Waals surface area contributed by atoms with E-state index in [1.54, 1.807) is 24.3 Å². The van der Waals surface area contributed by atoms with Crippen LogP contribution in [0.1, 0.15) is 27.0 Å². The molecular weight excluding hydrogens is 408 g/mol. The molecule has 0 saturated heterocycles. The summed E-state index contributed by atoms with van der Waals surface area (Å²) in [6, 6.07) is 13.0. The van der Waals surface area contributed by atoms with Crippen molar-refractivity contribution >= 4 is 17.6 Å². The van der Waals surface area contributed by atoms with Crippen LogP contribution in [0.3, 0.4) is 0 Å². The molecule has 0 aliphatic carbocycles. The average Bonchev–Trinajstić information content (AvgIpc) is 2.83. The largest absolute Gasteiger partial charge is 0.388 e. The fourth-order valence-electron chi connectivity index (χ4n) is 2.57. The van der Waals surface area contributed by atoms with Crippen molar-refractivity contribution in [2.24, 2.45) is 11.5 Å². The van der Waals surface area contributed by atoms with E-state index in [0.717, 1.165) is 11.1 Å². The highest BCUT2D eigenvalue weighted by Gasteiger charge is 2.18. The van der Waals surface area contributed by atoms with Crippen molar-refractivity contribution in [2.45, 2.75) is 12.6 Å². The monoisotopic (exact) mass is 432 g/mol. The molecule has 0 spiro atoms. The predicted molar refractivity (Wildman–Crippen MR) is 120 cm³/mol. The zero-order valence-corrected chi connectivity index (χ0v) is 17.4. The Morgan fingerprint density at radius 1 is 0.969 bits per heavy atom. The van der Waals surface area contributed by atoms with Crippen molar-refractivity contribution in [3.05, 3.63) is 70.8 Å². The summed E-state index contributed by atoms with van der Waals surface area (Å²) >= 11 is 0. The van der Waals surface area contributed by atoms with Gasteiger partial charge in [-0.25, -0.2) is 0 Å². The Kier molecular flexibility index (Phi) is 9.64. The Labute approximate surface area is 186 Å². The molecule has 2 aromatic rings. The minimum Gasteiger partial charge on any atom is -0.388 e. The smallest absolute Gasteiger partial charge is 0.251 e. The molecule has 2 aromatic carbocycles. The van der Waals surface area contributed by atoms with Gasteiger partial charge in [0.15, 0.2) is 5.78 Å². The summed E-state index contributed by atoms with van der Waals surface area (Å²) < 4.78 is 0. The van der Waals surface area contributed by atoms with E-state index in [-0.39, 0.29) is 19.0 Å². The zero-order chi connectivity index (χ0) is 23.3. The summed E-state index contributed by atoms with van der Waals surface area (Å²) in [5, 5.41) is 14.1. The number of Topliss-reactive ketones (excluding diaryl/α,β-unsaturated/α-hetero) is 1. The maximum atomic E-state index is 12.2. The molecule has 0 saturated carbocycles. The molecule has 32 heavy (non-hydrogen) atoms. The minimum atomic E-state index is -0.933. The molecule has 2 amide bonds.